The SMILES string of the molecule is Cc1ccc(S(=O)(=O)NCCc2nccn2Cc2ccccc2)cc1F. The number of sulfonamides is 1. The van der Waals surface area contributed by atoms with E-state index in [9.17, 15) is 12.8 Å². The summed E-state index contributed by atoms with van der Waals surface area (Å²) in [4.78, 5) is 4.22. The van der Waals surface area contributed by atoms with E-state index in [2.05, 4.69) is 9.71 Å². The molecule has 0 unspecified atom stereocenters. The Morgan fingerprint density at radius 3 is 2.65 bits per heavy atom. The lowest BCUT2D eigenvalue weighted by Crippen LogP contribution is -2.27. The smallest absolute Gasteiger partial charge is 0.240 e. The predicted octanol–water partition coefficient (Wildman–Crippen LogP) is 2.90. The Bertz CT molecular complexity index is 985. The second-order valence-electron chi connectivity index (χ2n) is 6.02. The van der Waals surface area contributed by atoms with Crippen LogP contribution in [0.25, 0.3) is 0 Å². The zero-order chi connectivity index (χ0) is 18.6. The summed E-state index contributed by atoms with van der Waals surface area (Å²) in [7, 11) is -3.75. The minimum Gasteiger partial charge on any atom is -0.330 e. The van der Waals surface area contributed by atoms with E-state index in [1.165, 1.54) is 12.1 Å². The first-order valence-corrected chi connectivity index (χ1v) is 9.74. The van der Waals surface area contributed by atoms with Crippen LogP contribution in [0.5, 0.6) is 0 Å². The normalized spacial score (nSPS) is 11.6. The van der Waals surface area contributed by atoms with Gasteiger partial charge in [0.2, 0.25) is 10.0 Å². The van der Waals surface area contributed by atoms with E-state index in [0.717, 1.165) is 17.5 Å². The molecule has 5 nitrogen and oxygen atoms in total. The Kier molecular flexibility index (Phi) is 5.49. The molecular formula is C19H20FN3O2S. The van der Waals surface area contributed by atoms with Gasteiger partial charge >= 0.3 is 0 Å². The molecular weight excluding hydrogens is 353 g/mol. The Morgan fingerprint density at radius 2 is 1.92 bits per heavy atom. The molecule has 0 bridgehead atoms. The van der Waals surface area contributed by atoms with Crippen molar-refractivity contribution in [2.75, 3.05) is 6.54 Å². The molecule has 1 N–H and O–H groups in total. The highest BCUT2D eigenvalue weighted by Crippen LogP contribution is 2.14. The molecule has 26 heavy (non-hydrogen) atoms. The quantitative estimate of drug-likeness (QED) is 0.693. The van der Waals surface area contributed by atoms with E-state index in [1.54, 1.807) is 13.1 Å². The van der Waals surface area contributed by atoms with Gasteiger partial charge in [0.05, 0.1) is 4.90 Å². The molecule has 3 aromatic rings. The van der Waals surface area contributed by atoms with Gasteiger partial charge in [0.15, 0.2) is 0 Å². The third kappa shape index (κ3) is 4.36. The zero-order valence-electron chi connectivity index (χ0n) is 14.4. The van der Waals surface area contributed by atoms with Crippen molar-refractivity contribution in [3.05, 3.63) is 83.7 Å². The summed E-state index contributed by atoms with van der Waals surface area (Å²) in [5.74, 6) is 0.248. The minimum absolute atomic E-state index is 0.0757. The average Bonchev–Trinajstić information content (AvgIpc) is 3.05. The second kappa shape index (κ2) is 7.80. The van der Waals surface area contributed by atoms with Crippen LogP contribution in [0.1, 0.15) is 17.0 Å². The Hall–Kier alpha value is -2.51. The predicted molar refractivity (Wildman–Crippen MR) is 97.8 cm³/mol. The highest BCUT2D eigenvalue weighted by atomic mass is 32.2. The summed E-state index contributed by atoms with van der Waals surface area (Å²) >= 11 is 0. The number of aryl methyl sites for hydroxylation is 1. The number of hydrogen-bond donors (Lipinski definition) is 1. The van der Waals surface area contributed by atoms with Gasteiger partial charge in [0.25, 0.3) is 0 Å². The third-order valence-corrected chi connectivity index (χ3v) is 5.55. The number of nitrogens with one attached hydrogen (secondary N) is 1. The van der Waals surface area contributed by atoms with Gasteiger partial charge in [0, 0.05) is 31.9 Å². The molecule has 7 heteroatoms. The van der Waals surface area contributed by atoms with Crippen molar-refractivity contribution in [2.45, 2.75) is 24.8 Å². The van der Waals surface area contributed by atoms with Crippen LogP contribution in [-0.2, 0) is 23.0 Å². The van der Waals surface area contributed by atoms with Crippen LogP contribution >= 0.6 is 0 Å². The first-order chi connectivity index (χ1) is 12.5. The number of rotatable bonds is 7. The van der Waals surface area contributed by atoms with Crippen molar-refractivity contribution < 1.29 is 12.8 Å². The molecule has 0 radical (unpaired) electrons. The zero-order valence-corrected chi connectivity index (χ0v) is 15.2. The van der Waals surface area contributed by atoms with Crippen molar-refractivity contribution >= 4 is 10.0 Å². The lowest BCUT2D eigenvalue weighted by Gasteiger charge is -2.10. The monoisotopic (exact) mass is 373 g/mol. The lowest BCUT2D eigenvalue weighted by atomic mass is 10.2. The van der Waals surface area contributed by atoms with Gasteiger partial charge < -0.3 is 4.57 Å². The van der Waals surface area contributed by atoms with Crippen molar-refractivity contribution in [3.8, 4) is 0 Å². The molecule has 0 spiro atoms. The number of halogens is 1. The van der Waals surface area contributed by atoms with Crippen LogP contribution in [-0.4, -0.2) is 24.5 Å². The average molecular weight is 373 g/mol. The van der Waals surface area contributed by atoms with Gasteiger partial charge in [0.1, 0.15) is 11.6 Å². The molecule has 0 saturated carbocycles. The molecule has 0 aliphatic rings. The van der Waals surface area contributed by atoms with E-state index in [-0.39, 0.29) is 11.4 Å². The van der Waals surface area contributed by atoms with Gasteiger partial charge in [-0.25, -0.2) is 22.5 Å². The van der Waals surface area contributed by atoms with Gasteiger partial charge in [-0.1, -0.05) is 36.4 Å². The number of aromatic nitrogens is 2. The van der Waals surface area contributed by atoms with Crippen molar-refractivity contribution in [1.29, 1.82) is 0 Å². The maximum Gasteiger partial charge on any atom is 0.240 e. The van der Waals surface area contributed by atoms with E-state index in [4.69, 9.17) is 0 Å². The maximum atomic E-state index is 13.6. The minimum atomic E-state index is -3.75. The number of hydrogen-bond acceptors (Lipinski definition) is 3. The molecule has 3 rings (SSSR count). The highest BCUT2D eigenvalue weighted by molar-refractivity contribution is 7.89. The van der Waals surface area contributed by atoms with Gasteiger partial charge in [-0.3, -0.25) is 0 Å². The van der Waals surface area contributed by atoms with E-state index in [1.807, 2.05) is 41.1 Å². The molecule has 2 aromatic carbocycles. The summed E-state index contributed by atoms with van der Waals surface area (Å²) in [6.45, 7) is 2.45. The molecule has 0 saturated heterocycles. The Labute approximate surface area is 152 Å². The van der Waals surface area contributed by atoms with E-state index in [0.29, 0.717) is 18.5 Å². The molecule has 0 amide bonds. The maximum absolute atomic E-state index is 13.6. The summed E-state index contributed by atoms with van der Waals surface area (Å²) in [6, 6.07) is 13.8. The Balaban J connectivity index is 1.63. The van der Waals surface area contributed by atoms with Crippen LogP contribution in [0, 0.1) is 12.7 Å². The van der Waals surface area contributed by atoms with Crippen LogP contribution in [0.15, 0.2) is 65.8 Å². The topological polar surface area (TPSA) is 64.0 Å². The highest BCUT2D eigenvalue weighted by Gasteiger charge is 2.15. The summed E-state index contributed by atoms with van der Waals surface area (Å²) in [5.41, 5.74) is 1.55. The molecule has 0 fully saturated rings. The fraction of sp³-hybridized carbons (Fsp3) is 0.211. The fourth-order valence-electron chi connectivity index (χ4n) is 2.61. The lowest BCUT2D eigenvalue weighted by molar-refractivity contribution is 0.574. The standard InChI is InChI=1S/C19H20FN3O2S/c1-15-7-8-17(13-18(15)20)26(24,25)22-10-9-19-21-11-12-23(19)14-16-5-3-2-4-6-16/h2-8,11-13,22H,9-10,14H2,1H3. The second-order valence-corrected chi connectivity index (χ2v) is 7.78. The summed E-state index contributed by atoms with van der Waals surface area (Å²) in [6.07, 6.45) is 4.00. The van der Waals surface area contributed by atoms with Crippen LogP contribution in [0.3, 0.4) is 0 Å². The largest absolute Gasteiger partial charge is 0.330 e. The van der Waals surface area contributed by atoms with E-state index >= 15 is 0 Å². The van der Waals surface area contributed by atoms with Gasteiger partial charge in [-0.2, -0.15) is 0 Å². The molecule has 1 heterocycles. The summed E-state index contributed by atoms with van der Waals surface area (Å²) in [5, 5.41) is 0. The van der Waals surface area contributed by atoms with Crippen LogP contribution in [0.4, 0.5) is 4.39 Å². The molecule has 0 atom stereocenters. The van der Waals surface area contributed by atoms with Crippen LogP contribution in [0.2, 0.25) is 0 Å². The third-order valence-electron chi connectivity index (χ3n) is 4.09. The number of imidazole rings is 1. The molecule has 0 aliphatic heterocycles. The molecule has 1 aromatic heterocycles. The van der Waals surface area contributed by atoms with Crippen molar-refractivity contribution in [2.24, 2.45) is 0 Å². The molecule has 136 valence electrons. The van der Waals surface area contributed by atoms with Gasteiger partial charge in [-0.15, -0.1) is 0 Å². The van der Waals surface area contributed by atoms with Crippen molar-refractivity contribution in [1.82, 2.24) is 14.3 Å². The number of nitrogens with zero attached hydrogens (tertiary/aromatic N) is 2. The first kappa shape index (κ1) is 18.3. The van der Waals surface area contributed by atoms with Crippen molar-refractivity contribution in [3.63, 3.8) is 0 Å². The summed E-state index contributed by atoms with van der Waals surface area (Å²) < 4.78 is 42.7. The first-order valence-electron chi connectivity index (χ1n) is 8.25. The van der Waals surface area contributed by atoms with Crippen LogP contribution < -0.4 is 4.72 Å². The fourth-order valence-corrected chi connectivity index (χ4v) is 3.66. The molecule has 0 aliphatic carbocycles. The van der Waals surface area contributed by atoms with Gasteiger partial charge in [-0.05, 0) is 30.2 Å². The van der Waals surface area contributed by atoms with E-state index < -0.39 is 15.8 Å². The number of benzene rings is 2. The Morgan fingerprint density at radius 1 is 1.15 bits per heavy atom.